The number of halogens is 3. The lowest BCUT2D eigenvalue weighted by atomic mass is 10.1. The maximum absolute atomic E-state index is 13.9. The second-order valence-corrected chi connectivity index (χ2v) is 8.70. The molecule has 2 heterocycles. The lowest BCUT2D eigenvalue weighted by Gasteiger charge is -2.22. The van der Waals surface area contributed by atoms with Gasteiger partial charge in [-0.25, -0.2) is 18.2 Å². The number of aromatic nitrogens is 1. The van der Waals surface area contributed by atoms with Gasteiger partial charge in [0.15, 0.2) is 17.5 Å². The highest BCUT2D eigenvalue weighted by Crippen LogP contribution is 2.28. The Hall–Kier alpha value is -1.86. The molecule has 7 nitrogen and oxygen atoms in total. The minimum Gasteiger partial charge on any atom is -0.389 e. The van der Waals surface area contributed by atoms with Gasteiger partial charge in [0.1, 0.15) is 17.2 Å². The van der Waals surface area contributed by atoms with Crippen LogP contribution in [0.25, 0.3) is 10.6 Å². The van der Waals surface area contributed by atoms with E-state index in [1.54, 1.807) is 10.3 Å². The van der Waals surface area contributed by atoms with Crippen molar-refractivity contribution in [1.82, 2.24) is 9.88 Å². The van der Waals surface area contributed by atoms with Crippen LogP contribution in [-0.4, -0.2) is 81.0 Å². The third kappa shape index (κ3) is 6.82. The standard InChI is InChI=1S/C22H27F3N2O5S/c23-15-6-5-14(18(24)19(15)25)22-26-13(12-33-22)11-32-8-4-2-1-3-7-27-9-16(28)20(30)21(31)17(29)10-27/h1-2,5-6,12,16-17,20-21,28-31H,3-4,7-11H2/b2-1+/t16-,17-,20+,21+/m0/s1. The Morgan fingerprint density at radius 1 is 1.00 bits per heavy atom. The Balaban J connectivity index is 1.36. The fourth-order valence-corrected chi connectivity index (χ4v) is 4.29. The van der Waals surface area contributed by atoms with Crippen molar-refractivity contribution >= 4 is 11.3 Å². The first-order valence-corrected chi connectivity index (χ1v) is 11.4. The summed E-state index contributed by atoms with van der Waals surface area (Å²) < 4.78 is 45.9. The molecule has 0 unspecified atom stereocenters. The molecule has 33 heavy (non-hydrogen) atoms. The number of nitrogens with zero attached hydrogens (tertiary/aromatic N) is 2. The van der Waals surface area contributed by atoms with Crippen LogP contribution >= 0.6 is 11.3 Å². The SMILES string of the molecule is O[C@H]1[C@H](O)[C@@H](O)CN(CC/C=C/CCOCc2csc(-c3ccc(F)c(F)c3F)n2)C[C@@H]1O. The monoisotopic (exact) mass is 488 g/mol. The summed E-state index contributed by atoms with van der Waals surface area (Å²) in [4.78, 5) is 5.99. The number of aliphatic hydroxyl groups is 4. The molecule has 1 fully saturated rings. The topological polar surface area (TPSA) is 106 Å². The number of aliphatic hydroxyl groups excluding tert-OH is 4. The summed E-state index contributed by atoms with van der Waals surface area (Å²) in [5.41, 5.74) is 0.465. The minimum atomic E-state index is -1.52. The molecule has 1 aliphatic rings. The molecule has 4 N–H and O–H groups in total. The summed E-state index contributed by atoms with van der Waals surface area (Å²) in [5, 5.41) is 41.1. The molecule has 1 aliphatic heterocycles. The Morgan fingerprint density at radius 2 is 1.67 bits per heavy atom. The van der Waals surface area contributed by atoms with Crippen molar-refractivity contribution in [2.75, 3.05) is 26.2 Å². The fraction of sp³-hybridized carbons (Fsp3) is 0.500. The van der Waals surface area contributed by atoms with Crippen molar-refractivity contribution in [2.24, 2.45) is 0 Å². The molecule has 11 heteroatoms. The van der Waals surface area contributed by atoms with Gasteiger partial charge in [-0.05, 0) is 25.0 Å². The summed E-state index contributed by atoms with van der Waals surface area (Å²) in [5.74, 6) is -4.03. The number of thiazole rings is 1. The van der Waals surface area contributed by atoms with Gasteiger partial charge in [-0.15, -0.1) is 11.3 Å². The van der Waals surface area contributed by atoms with E-state index in [4.69, 9.17) is 4.74 Å². The molecule has 0 amide bonds. The number of ether oxygens (including phenoxy) is 1. The zero-order valence-corrected chi connectivity index (χ0v) is 18.6. The van der Waals surface area contributed by atoms with Crippen LogP contribution < -0.4 is 0 Å². The molecule has 1 aromatic carbocycles. The van der Waals surface area contributed by atoms with E-state index in [-0.39, 0.29) is 30.3 Å². The molecule has 1 saturated heterocycles. The summed E-state index contributed by atoms with van der Waals surface area (Å²) in [7, 11) is 0. The van der Waals surface area contributed by atoms with E-state index in [2.05, 4.69) is 4.98 Å². The second kappa shape index (κ2) is 12.0. The third-order valence-electron chi connectivity index (χ3n) is 5.30. The Morgan fingerprint density at radius 3 is 2.36 bits per heavy atom. The zero-order chi connectivity index (χ0) is 24.0. The van der Waals surface area contributed by atoms with Gasteiger partial charge in [0, 0.05) is 30.6 Å². The molecule has 4 atom stereocenters. The van der Waals surface area contributed by atoms with Gasteiger partial charge in [-0.2, -0.15) is 0 Å². The number of likely N-dealkylation sites (tertiary alicyclic amines) is 1. The molecule has 0 saturated carbocycles. The summed E-state index contributed by atoms with van der Waals surface area (Å²) in [6.07, 6.45) is 0.158. The van der Waals surface area contributed by atoms with Crippen LogP contribution in [0.1, 0.15) is 18.5 Å². The van der Waals surface area contributed by atoms with Crippen LogP contribution in [0.15, 0.2) is 29.7 Å². The van der Waals surface area contributed by atoms with Crippen LogP contribution in [0.3, 0.4) is 0 Å². The van der Waals surface area contributed by atoms with Gasteiger partial charge >= 0.3 is 0 Å². The smallest absolute Gasteiger partial charge is 0.195 e. The Kier molecular flexibility index (Phi) is 9.38. The molecule has 3 rings (SSSR count). The van der Waals surface area contributed by atoms with E-state index in [0.29, 0.717) is 31.7 Å². The van der Waals surface area contributed by atoms with Gasteiger partial charge in [-0.3, -0.25) is 4.90 Å². The van der Waals surface area contributed by atoms with E-state index in [1.165, 1.54) is 0 Å². The van der Waals surface area contributed by atoms with Crippen LogP contribution in [0.4, 0.5) is 13.2 Å². The average molecular weight is 489 g/mol. The molecule has 0 spiro atoms. The van der Waals surface area contributed by atoms with Gasteiger partial charge in [0.2, 0.25) is 0 Å². The predicted molar refractivity (Wildman–Crippen MR) is 116 cm³/mol. The van der Waals surface area contributed by atoms with Crippen LogP contribution in [0, 0.1) is 17.5 Å². The quantitative estimate of drug-likeness (QED) is 0.243. The highest BCUT2D eigenvalue weighted by atomic mass is 32.1. The Bertz CT molecular complexity index is 929. The summed E-state index contributed by atoms with van der Waals surface area (Å²) in [6, 6.07) is 2.01. The first kappa shape index (κ1) is 25.8. The number of hydrogen-bond donors (Lipinski definition) is 4. The zero-order valence-electron chi connectivity index (χ0n) is 17.8. The first-order chi connectivity index (χ1) is 15.8. The highest BCUT2D eigenvalue weighted by Gasteiger charge is 2.35. The molecule has 0 bridgehead atoms. The van der Waals surface area contributed by atoms with Gasteiger partial charge in [-0.1, -0.05) is 12.2 Å². The van der Waals surface area contributed by atoms with Crippen LogP contribution in [0.5, 0.6) is 0 Å². The van der Waals surface area contributed by atoms with E-state index in [0.717, 1.165) is 23.5 Å². The lowest BCUT2D eigenvalue weighted by molar-refractivity contribution is -0.0894. The third-order valence-corrected chi connectivity index (χ3v) is 6.23. The number of rotatable bonds is 9. The van der Waals surface area contributed by atoms with Gasteiger partial charge in [0.05, 0.1) is 31.1 Å². The van der Waals surface area contributed by atoms with Crippen molar-refractivity contribution in [3.63, 3.8) is 0 Å². The van der Waals surface area contributed by atoms with Gasteiger partial charge in [0.25, 0.3) is 0 Å². The maximum atomic E-state index is 13.9. The molecular weight excluding hydrogens is 461 g/mol. The van der Waals surface area contributed by atoms with E-state index >= 15 is 0 Å². The molecular formula is C22H27F3N2O5S. The van der Waals surface area contributed by atoms with E-state index in [1.807, 2.05) is 12.2 Å². The number of benzene rings is 1. The molecule has 0 aliphatic carbocycles. The van der Waals surface area contributed by atoms with Crippen molar-refractivity contribution in [2.45, 2.75) is 43.9 Å². The molecule has 182 valence electrons. The van der Waals surface area contributed by atoms with Crippen molar-refractivity contribution in [1.29, 1.82) is 0 Å². The van der Waals surface area contributed by atoms with Crippen LogP contribution in [0.2, 0.25) is 0 Å². The number of β-amino-alcohol motifs (C(OH)–C–C–N with tert-alkyl or cyclic N) is 2. The molecule has 1 aromatic heterocycles. The maximum Gasteiger partial charge on any atom is 0.195 e. The van der Waals surface area contributed by atoms with Crippen molar-refractivity contribution in [3.8, 4) is 10.6 Å². The lowest BCUT2D eigenvalue weighted by Crippen LogP contribution is -2.43. The minimum absolute atomic E-state index is 0.0958. The van der Waals surface area contributed by atoms with E-state index in [9.17, 15) is 33.6 Å². The van der Waals surface area contributed by atoms with Crippen molar-refractivity contribution < 1.29 is 38.3 Å². The largest absolute Gasteiger partial charge is 0.389 e. The molecule has 2 aromatic rings. The van der Waals surface area contributed by atoms with Gasteiger partial charge < -0.3 is 25.2 Å². The predicted octanol–water partition coefficient (Wildman–Crippen LogP) is 1.84. The van der Waals surface area contributed by atoms with Crippen molar-refractivity contribution in [3.05, 3.63) is 52.8 Å². The average Bonchev–Trinajstić information content (AvgIpc) is 3.23. The fourth-order valence-electron chi connectivity index (χ4n) is 3.47. The van der Waals surface area contributed by atoms with E-state index < -0.39 is 41.9 Å². The van der Waals surface area contributed by atoms with Crippen LogP contribution in [-0.2, 0) is 11.3 Å². The normalized spacial score (nSPS) is 24.5. The summed E-state index contributed by atoms with van der Waals surface area (Å²) >= 11 is 1.12. The first-order valence-electron chi connectivity index (χ1n) is 10.5. The second-order valence-electron chi connectivity index (χ2n) is 7.84. The highest BCUT2D eigenvalue weighted by molar-refractivity contribution is 7.13. The molecule has 0 radical (unpaired) electrons. The summed E-state index contributed by atoms with van der Waals surface area (Å²) in [6.45, 7) is 1.49. The Labute approximate surface area is 193 Å². The number of hydrogen-bond acceptors (Lipinski definition) is 8.